The summed E-state index contributed by atoms with van der Waals surface area (Å²) in [6.45, 7) is 0. The molecule has 0 saturated heterocycles. The molecule has 2 heterocycles. The molecule has 2 aromatic heterocycles. The van der Waals surface area contributed by atoms with Crippen LogP contribution in [0.5, 0.6) is 0 Å². The molecule has 0 fully saturated rings. The summed E-state index contributed by atoms with van der Waals surface area (Å²) in [5, 5.41) is 2.59. The van der Waals surface area contributed by atoms with Gasteiger partial charge in [0, 0.05) is 42.8 Å². The van der Waals surface area contributed by atoms with E-state index in [1.54, 1.807) is 0 Å². The minimum Gasteiger partial charge on any atom is -0.208 e. The molecule has 10 rings (SSSR count). The van der Waals surface area contributed by atoms with E-state index in [1.807, 2.05) is 29.5 Å². The van der Waals surface area contributed by atoms with Crippen molar-refractivity contribution < 1.29 is 0 Å². The van der Waals surface area contributed by atoms with Gasteiger partial charge in [-0.3, -0.25) is 0 Å². The minimum absolute atomic E-state index is 0.452. The van der Waals surface area contributed by atoms with Gasteiger partial charge in [0.15, 0.2) is 17.5 Å². The van der Waals surface area contributed by atoms with E-state index in [4.69, 9.17) is 15.0 Å². The van der Waals surface area contributed by atoms with E-state index in [0.717, 1.165) is 35.4 Å². The molecule has 2 aliphatic carbocycles. The lowest BCUT2D eigenvalue weighted by Gasteiger charge is -2.18. The molecular formula is C46H31N3S. The SMILES string of the molecule is C1=C(c2nc(-c3ccccc3)nc(-c3ccc(-c4cccc5c4sc4c(-c6ccccc6)cccc45)cc3)n2)C=C2Cc3ccccc3C2C1. The van der Waals surface area contributed by atoms with Gasteiger partial charge >= 0.3 is 0 Å². The number of fused-ring (bicyclic) bond motifs is 6. The number of aromatic nitrogens is 3. The first-order valence-corrected chi connectivity index (χ1v) is 18.0. The van der Waals surface area contributed by atoms with E-state index in [2.05, 4.69) is 140 Å². The van der Waals surface area contributed by atoms with Crippen LogP contribution < -0.4 is 0 Å². The summed E-state index contributed by atoms with van der Waals surface area (Å²) in [5.74, 6) is 2.55. The highest BCUT2D eigenvalue weighted by Crippen LogP contribution is 2.45. The number of nitrogens with zero attached hydrogens (tertiary/aromatic N) is 3. The molecule has 8 aromatic rings. The van der Waals surface area contributed by atoms with Crippen LogP contribution in [0, 0.1) is 0 Å². The zero-order valence-corrected chi connectivity index (χ0v) is 28.1. The van der Waals surface area contributed by atoms with E-state index in [-0.39, 0.29) is 0 Å². The average Bonchev–Trinajstić information content (AvgIpc) is 3.77. The zero-order valence-electron chi connectivity index (χ0n) is 27.3. The number of rotatable bonds is 5. The Morgan fingerprint density at radius 2 is 1.02 bits per heavy atom. The maximum Gasteiger partial charge on any atom is 0.164 e. The van der Waals surface area contributed by atoms with Gasteiger partial charge in [0.25, 0.3) is 0 Å². The second-order valence-electron chi connectivity index (χ2n) is 13.1. The molecule has 236 valence electrons. The molecule has 0 N–H and O–H groups in total. The molecule has 4 heteroatoms. The van der Waals surface area contributed by atoms with Crippen LogP contribution in [0.4, 0.5) is 0 Å². The third-order valence-corrected chi connectivity index (χ3v) is 11.5. The van der Waals surface area contributed by atoms with Crippen LogP contribution in [0.2, 0.25) is 0 Å². The lowest BCUT2D eigenvalue weighted by atomic mass is 9.88. The monoisotopic (exact) mass is 657 g/mol. The Bertz CT molecular complexity index is 2630. The zero-order chi connectivity index (χ0) is 33.0. The first kappa shape index (κ1) is 29.0. The summed E-state index contributed by atoms with van der Waals surface area (Å²) in [7, 11) is 0. The molecule has 1 unspecified atom stereocenters. The predicted octanol–water partition coefficient (Wildman–Crippen LogP) is 12.0. The van der Waals surface area contributed by atoms with Gasteiger partial charge in [-0.15, -0.1) is 11.3 Å². The molecule has 0 amide bonds. The van der Waals surface area contributed by atoms with Crippen molar-refractivity contribution >= 4 is 37.1 Å². The summed E-state index contributed by atoms with van der Waals surface area (Å²) in [6, 6.07) is 51.8. The van der Waals surface area contributed by atoms with E-state index in [0.29, 0.717) is 17.6 Å². The Balaban J connectivity index is 1.04. The predicted molar refractivity (Wildman–Crippen MR) is 208 cm³/mol. The Morgan fingerprint density at radius 3 is 1.70 bits per heavy atom. The fourth-order valence-corrected chi connectivity index (χ4v) is 9.08. The Kier molecular flexibility index (Phi) is 6.88. The van der Waals surface area contributed by atoms with E-state index < -0.39 is 0 Å². The average molecular weight is 658 g/mol. The number of allylic oxidation sites excluding steroid dienone is 4. The van der Waals surface area contributed by atoms with Crippen LogP contribution in [-0.2, 0) is 6.42 Å². The first-order valence-electron chi connectivity index (χ1n) is 17.2. The quantitative estimate of drug-likeness (QED) is 0.185. The van der Waals surface area contributed by atoms with E-state index >= 15 is 0 Å². The van der Waals surface area contributed by atoms with Crippen molar-refractivity contribution in [3.05, 3.63) is 180 Å². The maximum absolute atomic E-state index is 5.10. The molecule has 50 heavy (non-hydrogen) atoms. The van der Waals surface area contributed by atoms with E-state index in [9.17, 15) is 0 Å². The molecule has 0 bridgehead atoms. The van der Waals surface area contributed by atoms with Crippen molar-refractivity contribution in [1.29, 1.82) is 0 Å². The number of benzene rings is 6. The highest BCUT2D eigenvalue weighted by molar-refractivity contribution is 7.26. The number of hydrogen-bond acceptors (Lipinski definition) is 4. The molecule has 0 aliphatic heterocycles. The molecule has 2 aliphatic rings. The smallest absolute Gasteiger partial charge is 0.164 e. The molecule has 1 atom stereocenters. The molecule has 3 nitrogen and oxygen atoms in total. The van der Waals surface area contributed by atoms with Gasteiger partial charge < -0.3 is 0 Å². The highest BCUT2D eigenvalue weighted by atomic mass is 32.1. The van der Waals surface area contributed by atoms with Crippen molar-refractivity contribution in [3.8, 4) is 45.0 Å². The van der Waals surface area contributed by atoms with Crippen LogP contribution in [-0.4, -0.2) is 15.0 Å². The first-order chi connectivity index (χ1) is 24.8. The van der Waals surface area contributed by atoms with Crippen LogP contribution in [0.25, 0.3) is 70.8 Å². The topological polar surface area (TPSA) is 38.7 Å². The van der Waals surface area contributed by atoms with Crippen LogP contribution in [0.15, 0.2) is 163 Å². The Morgan fingerprint density at radius 1 is 0.480 bits per heavy atom. The van der Waals surface area contributed by atoms with E-state index in [1.165, 1.54) is 59.1 Å². The van der Waals surface area contributed by atoms with Crippen molar-refractivity contribution in [3.63, 3.8) is 0 Å². The lowest BCUT2D eigenvalue weighted by molar-refractivity contribution is 0.822. The number of hydrogen-bond donors (Lipinski definition) is 0. The van der Waals surface area contributed by atoms with Gasteiger partial charge in [-0.25, -0.2) is 15.0 Å². The largest absolute Gasteiger partial charge is 0.208 e. The van der Waals surface area contributed by atoms with Crippen molar-refractivity contribution in [2.24, 2.45) is 0 Å². The maximum atomic E-state index is 5.10. The van der Waals surface area contributed by atoms with Gasteiger partial charge in [-0.2, -0.15) is 0 Å². The summed E-state index contributed by atoms with van der Waals surface area (Å²) in [5.41, 5.74) is 12.3. The number of thiophene rings is 1. The fourth-order valence-electron chi connectivity index (χ4n) is 7.71. The fraction of sp³-hybridized carbons (Fsp3) is 0.0652. The van der Waals surface area contributed by atoms with Crippen molar-refractivity contribution in [1.82, 2.24) is 15.0 Å². The molecule has 6 aromatic carbocycles. The summed E-state index contributed by atoms with van der Waals surface area (Å²) < 4.78 is 2.63. The second-order valence-corrected chi connectivity index (χ2v) is 14.1. The van der Waals surface area contributed by atoms with Crippen LogP contribution in [0.1, 0.15) is 29.3 Å². The lowest BCUT2D eigenvalue weighted by Crippen LogP contribution is -2.06. The third kappa shape index (κ3) is 4.91. The minimum atomic E-state index is 0.452. The normalized spacial score (nSPS) is 15.1. The molecule has 0 spiro atoms. The molecule has 0 saturated carbocycles. The van der Waals surface area contributed by atoms with Crippen molar-refractivity contribution in [2.45, 2.75) is 18.8 Å². The second kappa shape index (κ2) is 11.9. The molecule has 0 radical (unpaired) electrons. The van der Waals surface area contributed by atoms with Gasteiger partial charge in [0.05, 0.1) is 0 Å². The summed E-state index contributed by atoms with van der Waals surface area (Å²) in [6.07, 6.45) is 6.58. The van der Waals surface area contributed by atoms with Gasteiger partial charge in [-0.05, 0) is 46.2 Å². The van der Waals surface area contributed by atoms with Crippen molar-refractivity contribution in [2.75, 3.05) is 0 Å². The highest BCUT2D eigenvalue weighted by Gasteiger charge is 2.29. The van der Waals surface area contributed by atoms with Gasteiger partial charge in [0.2, 0.25) is 0 Å². The summed E-state index contributed by atoms with van der Waals surface area (Å²) in [4.78, 5) is 15.2. The van der Waals surface area contributed by atoms with Crippen LogP contribution >= 0.6 is 11.3 Å². The standard InChI is InChI=1S/C46H31N3S/c1-3-11-29(12-4-1)38-17-9-19-40-41-20-10-18-39(43(41)50-42(38)40)30-21-23-32(24-22-30)45-47-44(31-13-5-2-6-14-31)48-46(49-45)34-25-26-37-35(28-34)27-33-15-7-8-16-36(33)37/h1-25,28,37H,26-27H2. The Hall–Kier alpha value is -5.97. The van der Waals surface area contributed by atoms with Gasteiger partial charge in [0.1, 0.15) is 0 Å². The third-order valence-electron chi connectivity index (χ3n) is 10.2. The van der Waals surface area contributed by atoms with Gasteiger partial charge in [-0.1, -0.05) is 163 Å². The molecular weight excluding hydrogens is 627 g/mol. The Labute approximate surface area is 295 Å². The summed E-state index contributed by atoms with van der Waals surface area (Å²) >= 11 is 1.88. The van der Waals surface area contributed by atoms with Crippen LogP contribution in [0.3, 0.4) is 0 Å².